The molecule has 0 saturated heterocycles. The van der Waals surface area contributed by atoms with Gasteiger partial charge in [0.25, 0.3) is 0 Å². The lowest BCUT2D eigenvalue weighted by atomic mass is 9.83. The fourth-order valence-electron chi connectivity index (χ4n) is 6.75. The molecule has 0 unspecified atom stereocenters. The van der Waals surface area contributed by atoms with Crippen molar-refractivity contribution in [2.45, 2.75) is 138 Å². The summed E-state index contributed by atoms with van der Waals surface area (Å²) >= 11 is 0. The molecule has 4 rings (SSSR count). The number of aromatic hydroxyl groups is 1. The number of nitrogens with zero attached hydrogens (tertiary/aromatic N) is 3. The van der Waals surface area contributed by atoms with E-state index in [-0.39, 0.29) is 11.4 Å². The Kier molecular flexibility index (Phi) is 11.8. The largest absolute Gasteiger partial charge is 0.508 e. The van der Waals surface area contributed by atoms with Crippen molar-refractivity contribution in [2.75, 3.05) is 0 Å². The number of hydrogen-bond acceptors (Lipinski definition) is 5. The van der Waals surface area contributed by atoms with Crippen LogP contribution in [0.25, 0.3) is 5.69 Å². The van der Waals surface area contributed by atoms with Crippen molar-refractivity contribution in [3.05, 3.63) is 58.4 Å². The Bertz CT molecular complexity index is 1360. The number of ether oxygens (including phenoxy) is 2. The van der Waals surface area contributed by atoms with Gasteiger partial charge in [0.2, 0.25) is 0 Å². The molecule has 0 bridgehead atoms. The van der Waals surface area contributed by atoms with Gasteiger partial charge in [-0.25, -0.2) is 4.68 Å². The van der Waals surface area contributed by atoms with Gasteiger partial charge in [0.05, 0.1) is 11.9 Å². The van der Waals surface area contributed by atoms with Crippen LogP contribution >= 0.6 is 0 Å². The molecule has 0 spiro atoms. The predicted molar refractivity (Wildman–Crippen MR) is 180 cm³/mol. The van der Waals surface area contributed by atoms with Gasteiger partial charge in [0.1, 0.15) is 35.2 Å². The zero-order valence-corrected chi connectivity index (χ0v) is 28.7. The minimum absolute atomic E-state index is 0.117. The Morgan fingerprint density at radius 3 is 2.30 bits per heavy atom. The third kappa shape index (κ3) is 9.01. The van der Waals surface area contributed by atoms with Crippen molar-refractivity contribution in [3.63, 3.8) is 0 Å². The van der Waals surface area contributed by atoms with Crippen molar-refractivity contribution in [3.8, 4) is 22.9 Å². The molecule has 0 radical (unpaired) electrons. The van der Waals surface area contributed by atoms with Gasteiger partial charge in [-0.15, -0.1) is 5.10 Å². The number of aromatic nitrogens is 3. The molecule has 1 aliphatic heterocycles. The number of phenols is 1. The van der Waals surface area contributed by atoms with E-state index in [1.807, 2.05) is 12.3 Å². The molecule has 242 valence electrons. The number of fused-ring (bicyclic) bond motifs is 1. The van der Waals surface area contributed by atoms with Gasteiger partial charge in [-0.05, 0) is 100.0 Å². The Balaban J connectivity index is 1.28. The molecule has 6 heteroatoms. The molecule has 0 aliphatic carbocycles. The lowest BCUT2D eigenvalue weighted by Gasteiger charge is -2.38. The molecular formula is C38H57N3O3. The first-order valence-corrected chi connectivity index (χ1v) is 17.1. The van der Waals surface area contributed by atoms with Crippen LogP contribution in [-0.4, -0.2) is 25.7 Å². The number of hydrogen-bond donors (Lipinski definition) is 1. The van der Waals surface area contributed by atoms with Crippen molar-refractivity contribution in [1.29, 1.82) is 0 Å². The monoisotopic (exact) mass is 603 g/mol. The summed E-state index contributed by atoms with van der Waals surface area (Å²) in [7, 11) is 0. The summed E-state index contributed by atoms with van der Waals surface area (Å²) in [6, 6.07) is 6.97. The second kappa shape index (κ2) is 15.3. The molecule has 0 saturated carbocycles. The first-order valence-electron chi connectivity index (χ1n) is 17.1. The molecule has 6 nitrogen and oxygen atoms in total. The van der Waals surface area contributed by atoms with E-state index in [2.05, 4.69) is 65.7 Å². The molecule has 0 amide bonds. The first kappa shape index (κ1) is 33.9. The SMILES string of the molecule is Cc1c(C)c2c(c(C)c1OCc1cn(-c3cccc(O)c3)nn1)CC[C@@](C)(CCC[C@H](C)CCC[C@H](C)CCCC(C)C)O2. The Morgan fingerprint density at radius 2 is 1.61 bits per heavy atom. The van der Waals surface area contributed by atoms with E-state index in [1.54, 1.807) is 22.9 Å². The van der Waals surface area contributed by atoms with Gasteiger partial charge in [-0.3, -0.25) is 0 Å². The quantitative estimate of drug-likeness (QED) is 0.176. The van der Waals surface area contributed by atoms with Crippen molar-refractivity contribution in [2.24, 2.45) is 17.8 Å². The Labute approximate surface area is 266 Å². The summed E-state index contributed by atoms with van der Waals surface area (Å²) in [5.41, 5.74) is 6.11. The minimum atomic E-state index is -0.117. The van der Waals surface area contributed by atoms with E-state index in [1.165, 1.54) is 62.5 Å². The fraction of sp³-hybridized carbons (Fsp3) is 0.632. The van der Waals surface area contributed by atoms with Crippen LogP contribution in [0.5, 0.6) is 17.2 Å². The summed E-state index contributed by atoms with van der Waals surface area (Å²) in [5, 5.41) is 18.3. The summed E-state index contributed by atoms with van der Waals surface area (Å²) in [5.74, 6) is 4.66. The van der Waals surface area contributed by atoms with Gasteiger partial charge in [-0.1, -0.05) is 83.9 Å². The van der Waals surface area contributed by atoms with Gasteiger partial charge in [0, 0.05) is 11.6 Å². The standard InChI is InChI=1S/C38H57N3O3/c1-26(2)13-9-14-27(3)15-10-16-28(4)17-12-21-38(8)22-20-35-31(7)36(29(5)30(6)37(35)44-38)43-25-32-24-41(40-39-32)33-18-11-19-34(42)23-33/h11,18-19,23-24,26-28,42H,9-10,12-17,20-22,25H2,1-8H3/t27-,28-,38-/m1/s1. The topological polar surface area (TPSA) is 69.4 Å². The summed E-state index contributed by atoms with van der Waals surface area (Å²) in [6.45, 7) is 18.6. The van der Waals surface area contributed by atoms with Crippen molar-refractivity contribution in [1.82, 2.24) is 15.0 Å². The van der Waals surface area contributed by atoms with Crippen LogP contribution in [0.4, 0.5) is 0 Å². The smallest absolute Gasteiger partial charge is 0.134 e. The number of benzene rings is 2. The molecule has 3 atom stereocenters. The van der Waals surface area contributed by atoms with Gasteiger partial charge in [0.15, 0.2) is 0 Å². The van der Waals surface area contributed by atoms with Gasteiger partial charge >= 0.3 is 0 Å². The number of phenolic OH excluding ortho intramolecular Hbond substituents is 1. The number of rotatable bonds is 16. The molecule has 1 aliphatic rings. The summed E-state index contributed by atoms with van der Waals surface area (Å²) in [4.78, 5) is 0. The van der Waals surface area contributed by atoms with E-state index in [4.69, 9.17) is 9.47 Å². The molecule has 3 aromatic rings. The molecule has 2 aromatic carbocycles. The predicted octanol–water partition coefficient (Wildman–Crippen LogP) is 10.00. The zero-order chi connectivity index (χ0) is 31.9. The van der Waals surface area contributed by atoms with E-state index in [0.717, 1.165) is 71.0 Å². The van der Waals surface area contributed by atoms with E-state index in [9.17, 15) is 5.11 Å². The minimum Gasteiger partial charge on any atom is -0.508 e. The third-order valence-electron chi connectivity index (χ3n) is 9.84. The molecular weight excluding hydrogens is 546 g/mol. The highest BCUT2D eigenvalue weighted by atomic mass is 16.5. The molecule has 1 N–H and O–H groups in total. The zero-order valence-electron chi connectivity index (χ0n) is 28.7. The molecule has 44 heavy (non-hydrogen) atoms. The maximum atomic E-state index is 9.79. The van der Waals surface area contributed by atoms with Crippen LogP contribution in [0.15, 0.2) is 30.5 Å². The van der Waals surface area contributed by atoms with Crippen LogP contribution in [0.1, 0.15) is 127 Å². The van der Waals surface area contributed by atoms with E-state index < -0.39 is 0 Å². The second-order valence-electron chi connectivity index (χ2n) is 14.4. The van der Waals surface area contributed by atoms with Crippen LogP contribution < -0.4 is 9.47 Å². The maximum Gasteiger partial charge on any atom is 0.134 e. The maximum absolute atomic E-state index is 9.79. The summed E-state index contributed by atoms with van der Waals surface area (Å²) < 4.78 is 14.9. The Morgan fingerprint density at radius 1 is 0.932 bits per heavy atom. The highest BCUT2D eigenvalue weighted by Crippen LogP contribution is 2.45. The Hall–Kier alpha value is -3.02. The van der Waals surface area contributed by atoms with Crippen molar-refractivity contribution < 1.29 is 14.6 Å². The molecule has 0 fully saturated rings. The fourth-order valence-corrected chi connectivity index (χ4v) is 6.75. The average molecular weight is 604 g/mol. The van der Waals surface area contributed by atoms with Crippen LogP contribution in [0.3, 0.4) is 0 Å². The summed E-state index contributed by atoms with van der Waals surface area (Å²) in [6.07, 6.45) is 15.7. The van der Waals surface area contributed by atoms with Crippen LogP contribution in [-0.2, 0) is 13.0 Å². The van der Waals surface area contributed by atoms with Gasteiger partial charge < -0.3 is 14.6 Å². The third-order valence-corrected chi connectivity index (χ3v) is 9.84. The van der Waals surface area contributed by atoms with Crippen LogP contribution in [0, 0.1) is 38.5 Å². The average Bonchev–Trinajstić information content (AvgIpc) is 3.45. The van der Waals surface area contributed by atoms with E-state index in [0.29, 0.717) is 6.61 Å². The van der Waals surface area contributed by atoms with Crippen molar-refractivity contribution >= 4 is 0 Å². The highest BCUT2D eigenvalue weighted by Gasteiger charge is 2.34. The lowest BCUT2D eigenvalue weighted by Crippen LogP contribution is -2.37. The normalized spacial score (nSPS) is 17.8. The highest BCUT2D eigenvalue weighted by molar-refractivity contribution is 5.59. The molecule has 2 heterocycles. The first-order chi connectivity index (χ1) is 21.0. The lowest BCUT2D eigenvalue weighted by molar-refractivity contribution is 0.0511. The molecule has 1 aromatic heterocycles. The second-order valence-corrected chi connectivity index (χ2v) is 14.4. The van der Waals surface area contributed by atoms with E-state index >= 15 is 0 Å². The van der Waals surface area contributed by atoms with Crippen LogP contribution in [0.2, 0.25) is 0 Å². The van der Waals surface area contributed by atoms with Gasteiger partial charge in [-0.2, -0.15) is 0 Å².